The van der Waals surface area contributed by atoms with E-state index in [0.717, 1.165) is 11.8 Å². The molecule has 0 aromatic carbocycles. The van der Waals surface area contributed by atoms with E-state index in [1.54, 1.807) is 23.1 Å². The van der Waals surface area contributed by atoms with Gasteiger partial charge in [-0.2, -0.15) is 0 Å². The van der Waals surface area contributed by atoms with E-state index in [2.05, 4.69) is 74.7 Å². The summed E-state index contributed by atoms with van der Waals surface area (Å²) in [6.45, 7) is 8.94. The van der Waals surface area contributed by atoms with Crippen LogP contribution < -0.4 is 64.6 Å². The predicted molar refractivity (Wildman–Crippen MR) is 388 cm³/mol. The normalized spacial score (nSPS) is 26.1. The Kier molecular flexibility index (Phi) is 24.4. The number of thiazole rings is 3. The number of hydrogen-bond acceptors (Lipinski definition) is 27. The lowest BCUT2D eigenvalue weighted by atomic mass is 10.0. The van der Waals surface area contributed by atoms with Crippen LogP contribution in [0.4, 0.5) is 0 Å². The molecule has 0 saturated carbocycles. The fourth-order valence-corrected chi connectivity index (χ4v) is 17.5. The van der Waals surface area contributed by atoms with Gasteiger partial charge in [-0.1, -0.05) is 18.7 Å². The minimum absolute atomic E-state index is 0.000233. The van der Waals surface area contributed by atoms with E-state index in [1.165, 1.54) is 107 Å². The molecule has 11 rings (SSSR count). The van der Waals surface area contributed by atoms with Crippen molar-refractivity contribution < 1.29 is 62.6 Å². The Labute approximate surface area is 610 Å². The molecule has 34 nitrogen and oxygen atoms in total. The Morgan fingerprint density at radius 3 is 2.01 bits per heavy atom. The molecule has 16 bridgehead atoms. The second-order valence-electron chi connectivity index (χ2n) is 23.5. The highest BCUT2D eigenvalue weighted by molar-refractivity contribution is 8.15. The van der Waals surface area contributed by atoms with Crippen LogP contribution in [-0.4, -0.2) is 212 Å². The number of fused-ring (bicyclic) bond motifs is 8. The van der Waals surface area contributed by atoms with E-state index >= 15 is 4.79 Å². The minimum Gasteiger partial charge on any atom is -0.480 e. The Morgan fingerprint density at radius 1 is 0.716 bits per heavy atom. The number of nitrogens with zero attached hydrogens (tertiary/aromatic N) is 8. The molecule has 2 unspecified atom stereocenters. The SMILES string of the molecule is C=C1NC(=O)[C@@H]2CSC(=N2)c2csc(n2)-c2ccc3c(n2)[C@H](C)NC(=O)[C@@H]2CCCN2C(=O)/C(=C\C)NC(=O)CNC(=O)[C@H](CCCNC(=N)N)NC(=O)C(C)(NC(=O)/C(=C/C)NC(=O)[C@@H]2CSC(=N2)C(CC(N)=O)NC3=O)SC[C@@H](C(=O)O)NC(=O)[C@@H]2CSC(=N2)c2csc(n2)-c2csc1n2. The first-order chi connectivity index (χ1) is 48.7. The molecule has 7 aliphatic rings. The molecule has 1 saturated heterocycles. The first-order valence-corrected chi connectivity index (χ1v) is 38.1. The number of carboxylic acids is 1. The molecule has 1 fully saturated rings. The van der Waals surface area contributed by atoms with Crippen LogP contribution >= 0.6 is 81.1 Å². The summed E-state index contributed by atoms with van der Waals surface area (Å²) in [5.74, 6) is -11.8. The van der Waals surface area contributed by atoms with Crippen LogP contribution in [0, 0.1) is 5.41 Å². The van der Waals surface area contributed by atoms with Gasteiger partial charge in [0.25, 0.3) is 23.6 Å². The van der Waals surface area contributed by atoms with Crippen LogP contribution in [-0.2, 0) is 52.7 Å². The van der Waals surface area contributed by atoms with E-state index < -0.39 is 155 Å². The molecule has 41 heteroatoms. The van der Waals surface area contributed by atoms with Crippen LogP contribution in [0.25, 0.3) is 27.1 Å². The lowest BCUT2D eigenvalue weighted by Crippen LogP contribution is -2.60. The van der Waals surface area contributed by atoms with Crippen molar-refractivity contribution in [2.75, 3.05) is 42.6 Å². The van der Waals surface area contributed by atoms with Gasteiger partial charge in [-0.25, -0.2) is 24.7 Å². The van der Waals surface area contributed by atoms with Crippen molar-refractivity contribution in [1.29, 1.82) is 5.41 Å². The molecule has 102 heavy (non-hydrogen) atoms. The molecule has 0 aliphatic carbocycles. The average Bonchev–Trinajstić information content (AvgIpc) is 1.71. The van der Waals surface area contributed by atoms with Crippen molar-refractivity contribution in [3.05, 3.63) is 86.1 Å². The number of aliphatic carboxylic acids is 1. The van der Waals surface area contributed by atoms with Crippen molar-refractivity contribution in [3.8, 4) is 21.4 Å². The number of carboxylic acid groups (broad SMARTS) is 1. The highest BCUT2D eigenvalue weighted by Crippen LogP contribution is 2.35. The van der Waals surface area contributed by atoms with Gasteiger partial charge in [0.05, 0.1) is 52.7 Å². The zero-order valence-electron chi connectivity index (χ0n) is 54.8. The van der Waals surface area contributed by atoms with Crippen molar-refractivity contribution in [2.24, 2.45) is 26.4 Å². The van der Waals surface area contributed by atoms with Crippen molar-refractivity contribution >= 4 is 179 Å². The zero-order chi connectivity index (χ0) is 73.3. The van der Waals surface area contributed by atoms with Crippen LogP contribution in [0.1, 0.15) is 98.3 Å². The van der Waals surface area contributed by atoms with E-state index in [-0.39, 0.29) is 83.0 Å². The number of nitrogens with two attached hydrogens (primary N) is 2. The molecule has 4 aromatic heterocycles. The second kappa shape index (κ2) is 33.1. The van der Waals surface area contributed by atoms with Crippen LogP contribution in [0.2, 0.25) is 0 Å². The van der Waals surface area contributed by atoms with Crippen LogP contribution in [0.15, 0.2) is 73.4 Å². The summed E-state index contributed by atoms with van der Waals surface area (Å²) >= 11 is 7.63. The number of amides is 11. The Balaban J connectivity index is 1.05. The highest BCUT2D eigenvalue weighted by Gasteiger charge is 2.43. The summed E-state index contributed by atoms with van der Waals surface area (Å²) in [4.78, 5) is 201. The number of nitrogens with one attached hydrogen (secondary N) is 11. The maximum absolute atomic E-state index is 15.0. The summed E-state index contributed by atoms with van der Waals surface area (Å²) in [7, 11) is 0. The number of pyridine rings is 1. The standard InChI is InChI=1S/C61H69N21O13S7/c1-6-28-49(90)81-61(5)59(95)80-30(10-8-14-65-60(63)64)45(86)66-17-42(84)69-29(7-2)57(92)82-15-9-11-40(82)50(91)67-25(3)43-27(44(85)72-32(16-41(62)83)53-74-34(19-97-53)47(88)71-28)12-13-31(70-43)52-78-37(22-100-52)54-75-33(18-98-54)46(87)68-26(4)51-77-36(21-96-51)56-79-38(23-101-56)55-76-35(20-99-55)48(89)73-39(24-102-61)58(93)94/h6-7,12-13,21-23,25,30,32-35,39-40H,4,8-11,14-20,24H2,1-3,5H3,(H2,62,83)(H,66,86)(H,67,91)(H,68,87)(H,69,84)(H,71,88)(H,72,85)(H,73,89)(H,80,95)(H,81,90)(H,93,94)(H4,63,64,65)/b28-6-,29-7+/t25-,30-,32?,33-,34-,35-,39-,40-,61?/m0/s1. The van der Waals surface area contributed by atoms with Crippen molar-refractivity contribution in [3.63, 3.8) is 0 Å². The monoisotopic (exact) mass is 1530 g/mol. The molecular weight excluding hydrogens is 1460 g/mol. The summed E-state index contributed by atoms with van der Waals surface area (Å²) in [5.41, 5.74) is 12.2. The maximum atomic E-state index is 15.0. The molecule has 0 spiro atoms. The molecule has 11 amide bonds. The van der Waals surface area contributed by atoms with Gasteiger partial charge < -0.3 is 74.6 Å². The lowest BCUT2D eigenvalue weighted by Gasteiger charge is -2.32. The quantitative estimate of drug-likeness (QED) is 0.0502. The Hall–Kier alpha value is -9.42. The van der Waals surface area contributed by atoms with Gasteiger partial charge in [0, 0.05) is 52.2 Å². The predicted octanol–water partition coefficient (Wildman–Crippen LogP) is 0.0186. The number of rotatable bonds is 7. The first kappa shape index (κ1) is 75.2. The van der Waals surface area contributed by atoms with E-state index in [9.17, 15) is 57.8 Å². The van der Waals surface area contributed by atoms with Crippen molar-refractivity contribution in [1.82, 2.24) is 78.0 Å². The summed E-state index contributed by atoms with van der Waals surface area (Å²) in [6, 6.07) is -7.15. The third kappa shape index (κ3) is 18.1. The Bertz CT molecular complexity index is 4280. The third-order valence-corrected chi connectivity index (χ3v) is 23.4. The number of allylic oxidation sites excluding steroid dienone is 2. The van der Waals surface area contributed by atoms with Gasteiger partial charge >= 0.3 is 5.97 Å². The molecule has 538 valence electrons. The highest BCUT2D eigenvalue weighted by atomic mass is 32.2. The van der Waals surface area contributed by atoms with E-state index in [1.807, 2.05) is 0 Å². The number of carbonyl (C=O) groups is 12. The van der Waals surface area contributed by atoms with Gasteiger partial charge in [0.15, 0.2) is 10.8 Å². The summed E-state index contributed by atoms with van der Waals surface area (Å²) in [5, 5.41) is 51.8. The number of thioether (sulfide) groups is 4. The second-order valence-corrected chi connectivity index (χ2v) is 30.5. The summed E-state index contributed by atoms with van der Waals surface area (Å²) < 4.78 is 0. The fraction of sp³-hybridized carbons (Fsp3) is 0.410. The van der Waals surface area contributed by atoms with Crippen LogP contribution in [0.5, 0.6) is 0 Å². The fourth-order valence-electron chi connectivity index (χ4n) is 10.8. The van der Waals surface area contributed by atoms with Gasteiger partial charge in [0.2, 0.25) is 41.4 Å². The molecule has 0 radical (unpaired) electrons. The van der Waals surface area contributed by atoms with E-state index in [0.29, 0.717) is 60.4 Å². The Morgan fingerprint density at radius 2 is 1.34 bits per heavy atom. The van der Waals surface area contributed by atoms with E-state index in [4.69, 9.17) is 36.8 Å². The van der Waals surface area contributed by atoms with Crippen molar-refractivity contribution in [2.45, 2.75) is 113 Å². The number of primary amides is 1. The maximum Gasteiger partial charge on any atom is 0.327 e. The smallest absolute Gasteiger partial charge is 0.327 e. The van der Waals surface area contributed by atoms with Gasteiger partial charge in [0.1, 0.15) is 89.8 Å². The molecule has 11 heterocycles. The average molecular weight is 1530 g/mol. The topological polar surface area (TPSA) is 513 Å². The first-order valence-electron chi connectivity index (χ1n) is 31.5. The molecular formula is C61H69N21O13S7. The molecule has 9 atom stereocenters. The molecule has 16 N–H and O–H groups in total. The minimum atomic E-state index is -2.31. The largest absolute Gasteiger partial charge is 0.480 e. The molecule has 7 aliphatic heterocycles. The van der Waals surface area contributed by atoms with Crippen LogP contribution in [0.3, 0.4) is 0 Å². The number of carbonyl (C=O) groups excluding carboxylic acids is 11. The number of guanidine groups is 1. The van der Waals surface area contributed by atoms with Gasteiger partial charge in [-0.3, -0.25) is 73.1 Å². The summed E-state index contributed by atoms with van der Waals surface area (Å²) in [6.07, 6.45) is 2.32. The lowest BCUT2D eigenvalue weighted by molar-refractivity contribution is -0.141. The zero-order valence-corrected chi connectivity index (χ0v) is 60.5. The number of aliphatic imine (C=N–C) groups is 3. The number of aromatic nitrogens is 4. The van der Waals surface area contributed by atoms with Gasteiger partial charge in [-0.15, -0.1) is 81.1 Å². The molecule has 4 aromatic rings. The third-order valence-electron chi connectivity index (χ3n) is 16.1. The van der Waals surface area contributed by atoms with Gasteiger partial charge in [-0.05, 0) is 65.5 Å². The number of hydrogen-bond donors (Lipinski definition) is 14.